The molecule has 2 aliphatic rings. The number of hydrogen-bond acceptors (Lipinski definition) is 10. The number of unbranched alkanes of at least 4 members (excludes halogenated alkanes) is 30. The summed E-state index contributed by atoms with van der Waals surface area (Å²) in [4.78, 5) is 52.3. The Morgan fingerprint density at radius 3 is 1.43 bits per heavy atom. The van der Waals surface area contributed by atoms with Gasteiger partial charge in [-0.15, -0.1) is 0 Å². The van der Waals surface area contributed by atoms with Crippen LogP contribution in [0.25, 0.3) is 33.4 Å². The molecular weight excluding hydrogens is 1030 g/mol. The van der Waals surface area contributed by atoms with Crippen LogP contribution in [-0.2, 0) is 14.2 Å². The predicted octanol–water partition coefficient (Wildman–Crippen LogP) is 15.5. The molecule has 2 aromatic carbocycles. The van der Waals surface area contributed by atoms with Crippen LogP contribution in [0.4, 0.5) is 20.1 Å². The number of carboxylic acids is 1. The van der Waals surface area contributed by atoms with Crippen molar-refractivity contribution >= 4 is 40.9 Å². The van der Waals surface area contributed by atoms with Gasteiger partial charge in [-0.1, -0.05) is 231 Å². The van der Waals surface area contributed by atoms with Crippen LogP contribution in [0.5, 0.6) is 0 Å². The number of rotatable bonds is 47. The zero-order chi connectivity index (χ0) is 58.7. The maximum atomic E-state index is 12.8. The van der Waals surface area contributed by atoms with Crippen molar-refractivity contribution in [1.29, 1.82) is 0 Å². The lowest BCUT2D eigenvalue weighted by atomic mass is 9.90. The highest BCUT2D eigenvalue weighted by molar-refractivity contribution is 6.07. The number of anilines is 1. The molecule has 4 rings (SSSR count). The summed E-state index contributed by atoms with van der Waals surface area (Å²) < 4.78 is 25.3. The van der Waals surface area contributed by atoms with Crippen molar-refractivity contribution in [2.24, 2.45) is 0 Å². The molecule has 2 aromatic rings. The fraction of sp³-hybridized carbons (Fsp3) is 0.662. The molecule has 0 atom stereocenters. The third-order valence-corrected chi connectivity index (χ3v) is 15.8. The van der Waals surface area contributed by atoms with Crippen molar-refractivity contribution in [2.75, 3.05) is 71.0 Å². The Bertz CT molecular complexity index is 2420. The van der Waals surface area contributed by atoms with Crippen molar-refractivity contribution in [3.63, 3.8) is 0 Å². The summed E-state index contributed by atoms with van der Waals surface area (Å²) in [5.74, 6) is -0.819. The maximum absolute atomic E-state index is 12.8. The predicted molar refractivity (Wildman–Crippen MR) is 334 cm³/mol. The van der Waals surface area contributed by atoms with Crippen LogP contribution in [-0.4, -0.2) is 90.4 Å². The first-order valence-corrected chi connectivity index (χ1v) is 32.5. The van der Waals surface area contributed by atoms with E-state index in [1.165, 1.54) is 186 Å². The zero-order valence-electron chi connectivity index (χ0n) is 51.3. The van der Waals surface area contributed by atoms with Gasteiger partial charge in [0.15, 0.2) is 26.3 Å². The van der Waals surface area contributed by atoms with Crippen molar-refractivity contribution in [3.05, 3.63) is 71.6 Å². The van der Waals surface area contributed by atoms with Crippen LogP contribution in [0.15, 0.2) is 65.1 Å². The van der Waals surface area contributed by atoms with Crippen LogP contribution >= 0.6 is 0 Å². The van der Waals surface area contributed by atoms with Crippen LogP contribution in [0.3, 0.4) is 0 Å². The molecule has 14 heteroatoms. The summed E-state index contributed by atoms with van der Waals surface area (Å²) in [5.41, 5.74) is 3.22. The topological polar surface area (TPSA) is 175 Å². The molecule has 0 fully saturated rings. The quantitative estimate of drug-likeness (QED) is 0.0167. The summed E-state index contributed by atoms with van der Waals surface area (Å²) >= 11 is 0. The molecule has 14 nitrogen and oxygen atoms in total. The number of carbonyl (C=O) groups excluding carboxylic acids is 4. The Kier molecular flexibility index (Phi) is 36.7. The molecule has 0 unspecified atom stereocenters. The monoisotopic (exact) mass is 1140 g/mol. The minimum atomic E-state index is -1.30. The van der Waals surface area contributed by atoms with E-state index in [1.807, 2.05) is 47.9 Å². The SMILES string of the molecule is CCCCCCCCCCCCCCCCCCNC(=O)OCCN(CC)c1ccc2c(-c3ccccc3C(=O)[O-])c3ccc(=[N+](CCOC(=O)NC)CCOC(=O)NCCCCCCCCCCCCCCCCCC)cc-3oc2c1. The molecule has 3 amide bonds. The van der Waals surface area contributed by atoms with Gasteiger partial charge < -0.3 is 49.4 Å². The number of likely N-dealkylation sites (N-methyl/N-ethyl adjacent to an activating group) is 1. The first kappa shape index (κ1) is 68.7. The molecule has 458 valence electrons. The van der Waals surface area contributed by atoms with Gasteiger partial charge in [0.25, 0.3) is 0 Å². The van der Waals surface area contributed by atoms with Crippen LogP contribution in [0, 0.1) is 0 Å². The molecule has 0 saturated heterocycles. The lowest BCUT2D eigenvalue weighted by molar-refractivity contribution is -0.254. The van der Waals surface area contributed by atoms with Gasteiger partial charge in [-0.25, -0.2) is 19.0 Å². The summed E-state index contributed by atoms with van der Waals surface area (Å²) in [7, 11) is 1.50. The smallest absolute Gasteiger partial charge is 0.407 e. The second-order valence-electron chi connectivity index (χ2n) is 22.4. The van der Waals surface area contributed by atoms with E-state index in [-0.39, 0.29) is 38.5 Å². The summed E-state index contributed by atoms with van der Waals surface area (Å²) in [5, 5.41) is 22.3. The highest BCUT2D eigenvalue weighted by Crippen LogP contribution is 2.42. The van der Waals surface area contributed by atoms with Crippen molar-refractivity contribution in [2.45, 2.75) is 226 Å². The van der Waals surface area contributed by atoms with E-state index < -0.39 is 24.2 Å². The number of aromatic carboxylic acids is 1. The number of nitrogens with zero attached hydrogens (tertiary/aromatic N) is 2. The van der Waals surface area contributed by atoms with E-state index in [0.717, 1.165) is 37.8 Å². The summed E-state index contributed by atoms with van der Waals surface area (Å²) in [6.07, 6.45) is 40.0. The van der Waals surface area contributed by atoms with Gasteiger partial charge in [0, 0.05) is 66.6 Å². The van der Waals surface area contributed by atoms with Gasteiger partial charge in [0.1, 0.15) is 18.0 Å². The van der Waals surface area contributed by atoms with Crippen LogP contribution in [0.2, 0.25) is 0 Å². The Labute approximate surface area is 493 Å². The van der Waals surface area contributed by atoms with E-state index >= 15 is 0 Å². The Balaban J connectivity index is 1.32. The standard InChI is InChI=1S/C68H107N5O9/c1-5-8-10-12-14-16-18-20-22-24-26-28-30-32-34-38-46-70-67(77)80-51-48-72(7-3)56-42-44-60-62(54-56)82-63-55-57(43-45-61(63)64(60)58-40-36-37-41-59(58)65(74)75)73(49-52-79-66(76)69-4)50-53-81-68(78)71-47-39-35-33-31-29-27-25-23-21-19-17-15-13-11-9-6-2/h36-37,40-45,54-55H,5-35,38-39,46-53H2,1-4H3,(H3-,69,70,71,74,75,76,77,78). The van der Waals surface area contributed by atoms with E-state index in [0.29, 0.717) is 65.0 Å². The summed E-state index contributed by atoms with van der Waals surface area (Å²) in [6, 6.07) is 18.3. The first-order valence-electron chi connectivity index (χ1n) is 32.5. The van der Waals surface area contributed by atoms with Crippen molar-refractivity contribution < 1.29 is 42.9 Å². The largest absolute Gasteiger partial charge is 0.545 e. The molecular formula is C68H107N5O9. The molecule has 3 N–H and O–H groups in total. The van der Waals surface area contributed by atoms with Gasteiger partial charge in [-0.05, 0) is 43.5 Å². The van der Waals surface area contributed by atoms with Crippen LogP contribution in [0.1, 0.15) is 237 Å². The number of ether oxygens (including phenoxy) is 3. The molecule has 0 spiro atoms. The number of amides is 3. The van der Waals surface area contributed by atoms with Gasteiger partial charge in [0.2, 0.25) is 5.36 Å². The summed E-state index contributed by atoms with van der Waals surface area (Å²) in [6.45, 7) is 9.67. The second kappa shape index (κ2) is 43.8. The number of alkyl carbamates (subject to hydrolysis) is 3. The number of carbonyl (C=O) groups is 4. The van der Waals surface area contributed by atoms with Gasteiger partial charge in [0.05, 0.1) is 18.6 Å². The van der Waals surface area contributed by atoms with Crippen molar-refractivity contribution in [3.8, 4) is 22.5 Å². The average molecular weight is 1140 g/mol. The fourth-order valence-corrected chi connectivity index (χ4v) is 10.9. The Morgan fingerprint density at radius 1 is 0.512 bits per heavy atom. The number of fused-ring (bicyclic) bond motifs is 2. The lowest BCUT2D eigenvalue weighted by Crippen LogP contribution is -2.37. The van der Waals surface area contributed by atoms with Gasteiger partial charge in [-0.2, -0.15) is 0 Å². The lowest BCUT2D eigenvalue weighted by Gasteiger charge is -2.24. The normalized spacial score (nSPS) is 11.7. The van der Waals surface area contributed by atoms with E-state index in [1.54, 1.807) is 18.2 Å². The highest BCUT2D eigenvalue weighted by Gasteiger charge is 2.22. The van der Waals surface area contributed by atoms with Gasteiger partial charge >= 0.3 is 18.3 Å². The second-order valence-corrected chi connectivity index (χ2v) is 22.4. The molecule has 0 aromatic heterocycles. The Morgan fingerprint density at radius 2 is 0.963 bits per heavy atom. The highest BCUT2D eigenvalue weighted by atomic mass is 16.6. The fourth-order valence-electron chi connectivity index (χ4n) is 10.9. The number of nitrogens with one attached hydrogen (secondary N) is 3. The molecule has 1 aliphatic carbocycles. The van der Waals surface area contributed by atoms with E-state index in [4.69, 9.17) is 18.6 Å². The molecule has 82 heavy (non-hydrogen) atoms. The maximum Gasteiger partial charge on any atom is 0.407 e. The molecule has 1 heterocycles. The van der Waals surface area contributed by atoms with Gasteiger partial charge in [-0.3, -0.25) is 0 Å². The average Bonchev–Trinajstić information content (AvgIpc) is 2.73. The third kappa shape index (κ3) is 28.0. The van der Waals surface area contributed by atoms with Crippen LogP contribution < -0.4 is 35.9 Å². The third-order valence-electron chi connectivity index (χ3n) is 15.8. The number of carboxylic acid groups (broad SMARTS) is 1. The first-order chi connectivity index (χ1) is 40.2. The minimum absolute atomic E-state index is 0.0445. The molecule has 0 bridgehead atoms. The molecule has 0 radical (unpaired) electrons. The minimum Gasteiger partial charge on any atom is -0.545 e. The zero-order valence-corrected chi connectivity index (χ0v) is 51.3. The number of hydrogen-bond donors (Lipinski definition) is 3. The number of benzene rings is 3. The van der Waals surface area contributed by atoms with E-state index in [2.05, 4.69) is 34.7 Å². The van der Waals surface area contributed by atoms with E-state index in [9.17, 15) is 24.3 Å². The molecule has 1 aliphatic heterocycles. The Hall–Kier alpha value is -5.79. The van der Waals surface area contributed by atoms with Crippen molar-refractivity contribution in [1.82, 2.24) is 20.5 Å². The molecule has 0 saturated carbocycles.